The number of carbonyl (C=O) groups excluding carboxylic acids is 1. The molecule has 1 aliphatic rings. The Morgan fingerprint density at radius 2 is 2.20 bits per heavy atom. The molecule has 2 heterocycles. The molecular formula is C17H22N2O4S2. The first-order valence-electron chi connectivity index (χ1n) is 8.08. The van der Waals surface area contributed by atoms with Crippen LogP contribution in [0.25, 0.3) is 0 Å². The van der Waals surface area contributed by atoms with Gasteiger partial charge in [0.05, 0.1) is 12.6 Å². The fraction of sp³-hybridized carbons (Fsp3) is 0.471. The normalized spacial score (nSPS) is 19.4. The molecule has 2 aromatic rings. The van der Waals surface area contributed by atoms with E-state index in [0.29, 0.717) is 0 Å². The molecule has 0 aliphatic heterocycles. The van der Waals surface area contributed by atoms with Crippen molar-refractivity contribution in [2.45, 2.75) is 43.9 Å². The van der Waals surface area contributed by atoms with Crippen LogP contribution in [0.15, 0.2) is 32.2 Å². The van der Waals surface area contributed by atoms with Gasteiger partial charge < -0.3 is 9.73 Å². The number of furan rings is 1. The van der Waals surface area contributed by atoms with Gasteiger partial charge in [-0.2, -0.15) is 0 Å². The molecule has 2 aromatic heterocycles. The highest BCUT2D eigenvalue weighted by molar-refractivity contribution is 7.91. The third-order valence-electron chi connectivity index (χ3n) is 4.25. The molecule has 1 amide bonds. The topological polar surface area (TPSA) is 88.4 Å². The van der Waals surface area contributed by atoms with Crippen molar-refractivity contribution in [1.29, 1.82) is 0 Å². The van der Waals surface area contributed by atoms with Gasteiger partial charge in [-0.15, -0.1) is 11.3 Å². The van der Waals surface area contributed by atoms with Crippen LogP contribution < -0.4 is 10.0 Å². The minimum Gasteiger partial charge on any atom is -0.466 e. The molecule has 136 valence electrons. The van der Waals surface area contributed by atoms with E-state index in [0.717, 1.165) is 41.3 Å². The lowest BCUT2D eigenvalue weighted by molar-refractivity contribution is -0.121. The second-order valence-corrected chi connectivity index (χ2v) is 10.1. The summed E-state index contributed by atoms with van der Waals surface area (Å²) >= 11 is 1.12. The van der Waals surface area contributed by atoms with Gasteiger partial charge in [0.15, 0.2) is 0 Å². The summed E-state index contributed by atoms with van der Waals surface area (Å²) in [5.41, 5.74) is 0.998. The van der Waals surface area contributed by atoms with Crippen molar-refractivity contribution in [3.8, 4) is 0 Å². The SMILES string of the molecule is Cc1cc2c(o1)CC(C)(C)CC2NC(=O)CNS(=O)(=O)c1cccs1. The van der Waals surface area contributed by atoms with Crippen molar-refractivity contribution in [2.24, 2.45) is 5.41 Å². The molecule has 1 unspecified atom stereocenters. The minimum absolute atomic E-state index is 0.00567. The predicted octanol–water partition coefficient (Wildman–Crippen LogP) is 2.76. The van der Waals surface area contributed by atoms with Gasteiger partial charge in [0, 0.05) is 12.0 Å². The fourth-order valence-electron chi connectivity index (χ4n) is 3.21. The van der Waals surface area contributed by atoms with E-state index in [9.17, 15) is 13.2 Å². The number of rotatable bonds is 5. The Kier molecular flexibility index (Phi) is 4.78. The molecule has 0 spiro atoms. The number of amides is 1. The maximum atomic E-state index is 12.3. The molecular weight excluding hydrogens is 360 g/mol. The summed E-state index contributed by atoms with van der Waals surface area (Å²) in [5, 5.41) is 4.62. The number of nitrogens with one attached hydrogen (secondary N) is 2. The smallest absolute Gasteiger partial charge is 0.250 e. The second-order valence-electron chi connectivity index (χ2n) is 7.16. The van der Waals surface area contributed by atoms with Gasteiger partial charge in [-0.05, 0) is 36.3 Å². The Morgan fingerprint density at radius 3 is 2.88 bits per heavy atom. The van der Waals surface area contributed by atoms with Gasteiger partial charge in [0.2, 0.25) is 5.91 Å². The first-order chi connectivity index (χ1) is 11.7. The summed E-state index contributed by atoms with van der Waals surface area (Å²) in [6, 6.07) is 4.95. The zero-order valence-electron chi connectivity index (χ0n) is 14.5. The van der Waals surface area contributed by atoms with E-state index >= 15 is 0 Å². The average Bonchev–Trinajstić information content (AvgIpc) is 3.13. The number of hydrogen-bond donors (Lipinski definition) is 2. The Hall–Kier alpha value is -1.64. The summed E-state index contributed by atoms with van der Waals surface area (Å²) in [6.45, 7) is 5.86. The maximum absolute atomic E-state index is 12.3. The number of sulfonamides is 1. The van der Waals surface area contributed by atoms with Crippen molar-refractivity contribution < 1.29 is 17.6 Å². The monoisotopic (exact) mass is 382 g/mol. The first-order valence-corrected chi connectivity index (χ1v) is 10.4. The molecule has 1 atom stereocenters. The summed E-state index contributed by atoms with van der Waals surface area (Å²) < 4.78 is 32.5. The highest BCUT2D eigenvalue weighted by Crippen LogP contribution is 2.41. The number of hydrogen-bond acceptors (Lipinski definition) is 5. The quantitative estimate of drug-likeness (QED) is 0.832. The largest absolute Gasteiger partial charge is 0.466 e. The van der Waals surface area contributed by atoms with E-state index in [1.165, 1.54) is 6.07 Å². The van der Waals surface area contributed by atoms with E-state index in [-0.39, 0.29) is 28.1 Å². The van der Waals surface area contributed by atoms with Crippen LogP contribution in [0, 0.1) is 12.3 Å². The Balaban J connectivity index is 1.67. The van der Waals surface area contributed by atoms with Crippen LogP contribution in [0.3, 0.4) is 0 Å². The molecule has 25 heavy (non-hydrogen) atoms. The summed E-state index contributed by atoms with van der Waals surface area (Å²) in [6.07, 6.45) is 1.61. The second kappa shape index (κ2) is 6.59. The van der Waals surface area contributed by atoms with Crippen LogP contribution in [0.4, 0.5) is 0 Å². The fourth-order valence-corrected chi connectivity index (χ4v) is 5.23. The van der Waals surface area contributed by atoms with Crippen molar-refractivity contribution in [3.63, 3.8) is 0 Å². The lowest BCUT2D eigenvalue weighted by Gasteiger charge is -2.34. The Labute approximate surface area is 151 Å². The number of thiophene rings is 1. The molecule has 3 rings (SSSR count). The van der Waals surface area contributed by atoms with E-state index in [2.05, 4.69) is 23.9 Å². The van der Waals surface area contributed by atoms with Crippen LogP contribution in [0.2, 0.25) is 0 Å². The standard InChI is InChI=1S/C17H22N2O4S2/c1-11-7-12-13(8-17(2,3)9-14(12)23-11)19-15(20)10-18-25(21,22)16-5-4-6-24-16/h4-7,13,18H,8-10H2,1-3H3,(H,19,20). The van der Waals surface area contributed by atoms with E-state index in [1.54, 1.807) is 11.4 Å². The predicted molar refractivity (Wildman–Crippen MR) is 95.9 cm³/mol. The summed E-state index contributed by atoms with van der Waals surface area (Å²) in [5.74, 6) is 1.37. The van der Waals surface area contributed by atoms with Crippen LogP contribution in [-0.2, 0) is 21.2 Å². The molecule has 6 nitrogen and oxygen atoms in total. The zero-order valence-corrected chi connectivity index (χ0v) is 16.1. The number of carbonyl (C=O) groups is 1. The highest BCUT2D eigenvalue weighted by Gasteiger charge is 2.35. The summed E-state index contributed by atoms with van der Waals surface area (Å²) in [4.78, 5) is 12.3. The van der Waals surface area contributed by atoms with Crippen molar-refractivity contribution in [3.05, 3.63) is 40.7 Å². The van der Waals surface area contributed by atoms with E-state index < -0.39 is 10.0 Å². The number of fused-ring (bicyclic) bond motifs is 1. The molecule has 8 heteroatoms. The lowest BCUT2D eigenvalue weighted by atomic mass is 9.74. The first kappa shape index (κ1) is 18.2. The van der Waals surface area contributed by atoms with Gasteiger partial charge in [0.25, 0.3) is 10.0 Å². The van der Waals surface area contributed by atoms with Gasteiger partial charge in [-0.3, -0.25) is 4.79 Å². The third-order valence-corrected chi connectivity index (χ3v) is 7.05. The number of aryl methyl sites for hydroxylation is 1. The molecule has 1 aliphatic carbocycles. The highest BCUT2D eigenvalue weighted by atomic mass is 32.2. The van der Waals surface area contributed by atoms with E-state index in [1.807, 2.05) is 13.0 Å². The van der Waals surface area contributed by atoms with Gasteiger partial charge in [0.1, 0.15) is 15.7 Å². The molecule has 2 N–H and O–H groups in total. The van der Waals surface area contributed by atoms with Gasteiger partial charge in [-0.25, -0.2) is 13.1 Å². The van der Waals surface area contributed by atoms with E-state index in [4.69, 9.17) is 4.42 Å². The van der Waals surface area contributed by atoms with Crippen molar-refractivity contribution >= 4 is 27.3 Å². The van der Waals surface area contributed by atoms with Crippen LogP contribution >= 0.6 is 11.3 Å². The lowest BCUT2D eigenvalue weighted by Crippen LogP contribution is -2.41. The summed E-state index contributed by atoms with van der Waals surface area (Å²) in [7, 11) is -3.64. The molecule has 0 saturated carbocycles. The zero-order chi connectivity index (χ0) is 18.2. The van der Waals surface area contributed by atoms with Crippen molar-refractivity contribution in [1.82, 2.24) is 10.0 Å². The van der Waals surface area contributed by atoms with Gasteiger partial charge >= 0.3 is 0 Å². The van der Waals surface area contributed by atoms with Crippen molar-refractivity contribution in [2.75, 3.05) is 6.54 Å². The maximum Gasteiger partial charge on any atom is 0.250 e. The molecule has 0 fully saturated rings. The van der Waals surface area contributed by atoms with Crippen LogP contribution in [0.1, 0.15) is 43.4 Å². The average molecular weight is 383 g/mol. The molecule has 0 radical (unpaired) electrons. The van der Waals surface area contributed by atoms with Crippen LogP contribution in [-0.4, -0.2) is 20.9 Å². The minimum atomic E-state index is -3.64. The Bertz CT molecular complexity index is 867. The molecule has 0 aromatic carbocycles. The van der Waals surface area contributed by atoms with Gasteiger partial charge in [-0.1, -0.05) is 19.9 Å². The van der Waals surface area contributed by atoms with Crippen LogP contribution in [0.5, 0.6) is 0 Å². The molecule has 0 bridgehead atoms. The molecule has 0 saturated heterocycles. The third kappa shape index (κ3) is 4.13. The Morgan fingerprint density at radius 1 is 1.44 bits per heavy atom.